The van der Waals surface area contributed by atoms with E-state index in [1.165, 1.54) is 13.2 Å². The van der Waals surface area contributed by atoms with Crippen molar-refractivity contribution < 1.29 is 28.2 Å². The van der Waals surface area contributed by atoms with Gasteiger partial charge in [0.05, 0.1) is 7.11 Å². The summed E-state index contributed by atoms with van der Waals surface area (Å²) in [4.78, 5) is 24.4. The molecule has 1 aliphatic rings. The number of para-hydroxylation sites is 2. The van der Waals surface area contributed by atoms with Gasteiger partial charge >= 0.3 is 11.6 Å². The number of ether oxygens (including phenoxy) is 4. The second-order valence-corrected chi connectivity index (χ2v) is 6.37. The van der Waals surface area contributed by atoms with Gasteiger partial charge in [-0.05, 0) is 31.2 Å². The fourth-order valence-corrected chi connectivity index (χ4v) is 3.07. The first-order chi connectivity index (χ1) is 13.5. The van der Waals surface area contributed by atoms with Crippen LogP contribution >= 0.6 is 0 Å². The van der Waals surface area contributed by atoms with Crippen LogP contribution in [0, 0.1) is 0 Å². The van der Waals surface area contributed by atoms with Crippen LogP contribution in [0.15, 0.2) is 57.7 Å². The van der Waals surface area contributed by atoms with Crippen molar-refractivity contribution in [1.29, 1.82) is 0 Å². The SMILES string of the molecule is COc1ccc2c(COC(=O)[C@@H]3Oc4ccccc4O[C@H]3C)cc(=O)oc2c1. The maximum Gasteiger partial charge on any atom is 0.351 e. The second-order valence-electron chi connectivity index (χ2n) is 6.37. The molecule has 0 saturated carbocycles. The minimum atomic E-state index is -0.902. The van der Waals surface area contributed by atoms with Crippen LogP contribution < -0.4 is 19.8 Å². The average molecular weight is 382 g/mol. The molecule has 7 nitrogen and oxygen atoms in total. The van der Waals surface area contributed by atoms with Crippen LogP contribution in [0.25, 0.3) is 11.0 Å². The molecule has 144 valence electrons. The zero-order chi connectivity index (χ0) is 19.7. The predicted octanol–water partition coefficient (Wildman–Crippen LogP) is 3.07. The first kappa shape index (κ1) is 17.9. The maximum absolute atomic E-state index is 12.6. The molecule has 1 aromatic heterocycles. The van der Waals surface area contributed by atoms with Gasteiger partial charge in [-0.25, -0.2) is 9.59 Å². The predicted molar refractivity (Wildman–Crippen MR) is 99.8 cm³/mol. The summed E-state index contributed by atoms with van der Waals surface area (Å²) in [6, 6.07) is 13.5. The third kappa shape index (κ3) is 3.38. The van der Waals surface area contributed by atoms with Crippen molar-refractivity contribution >= 4 is 16.9 Å². The van der Waals surface area contributed by atoms with Gasteiger partial charge in [0.15, 0.2) is 11.5 Å². The molecule has 2 aromatic carbocycles. The van der Waals surface area contributed by atoms with Gasteiger partial charge in [-0.3, -0.25) is 0 Å². The molecule has 1 aliphatic heterocycles. The van der Waals surface area contributed by atoms with E-state index in [4.69, 9.17) is 23.4 Å². The molecule has 3 aromatic rings. The minimum absolute atomic E-state index is 0.0957. The zero-order valence-corrected chi connectivity index (χ0v) is 15.3. The average Bonchev–Trinajstić information content (AvgIpc) is 2.70. The third-order valence-electron chi connectivity index (χ3n) is 4.48. The fourth-order valence-electron chi connectivity index (χ4n) is 3.07. The summed E-state index contributed by atoms with van der Waals surface area (Å²) in [5, 5.41) is 0.660. The van der Waals surface area contributed by atoms with Gasteiger partial charge in [-0.15, -0.1) is 0 Å². The standard InChI is InChI=1S/C21H18O7/c1-12-20(28-17-6-4-3-5-16(17)26-12)21(23)25-11-13-9-19(22)27-18-10-14(24-2)7-8-15(13)18/h3-10,12,20H,11H2,1-2H3/t12-,20+/m0/s1. The number of carbonyl (C=O) groups excluding carboxylic acids is 1. The van der Waals surface area contributed by atoms with Gasteiger partial charge in [-0.1, -0.05) is 12.1 Å². The van der Waals surface area contributed by atoms with Crippen LogP contribution in [-0.2, 0) is 16.1 Å². The lowest BCUT2D eigenvalue weighted by atomic mass is 10.1. The first-order valence-corrected chi connectivity index (χ1v) is 8.75. The highest BCUT2D eigenvalue weighted by molar-refractivity contribution is 5.82. The van der Waals surface area contributed by atoms with Crippen LogP contribution in [0.1, 0.15) is 12.5 Å². The van der Waals surface area contributed by atoms with E-state index in [0.717, 1.165) is 0 Å². The number of hydrogen-bond donors (Lipinski definition) is 0. The minimum Gasteiger partial charge on any atom is -0.497 e. The highest BCUT2D eigenvalue weighted by Gasteiger charge is 2.35. The molecule has 0 aliphatic carbocycles. The zero-order valence-electron chi connectivity index (χ0n) is 15.3. The molecule has 2 atom stereocenters. The van der Waals surface area contributed by atoms with Gasteiger partial charge in [-0.2, -0.15) is 0 Å². The second kappa shape index (κ2) is 7.26. The van der Waals surface area contributed by atoms with Crippen LogP contribution in [0.5, 0.6) is 17.2 Å². The van der Waals surface area contributed by atoms with E-state index in [1.807, 2.05) is 6.07 Å². The molecule has 0 fully saturated rings. The Kier molecular flexibility index (Phi) is 4.65. The number of fused-ring (bicyclic) bond motifs is 2. The molecule has 7 heteroatoms. The lowest BCUT2D eigenvalue weighted by Crippen LogP contribution is -2.44. The molecule has 0 saturated heterocycles. The first-order valence-electron chi connectivity index (χ1n) is 8.75. The normalized spacial score (nSPS) is 17.9. The number of carbonyl (C=O) groups is 1. The Hall–Kier alpha value is -3.48. The van der Waals surface area contributed by atoms with Crippen molar-refractivity contribution in [3.8, 4) is 17.2 Å². The van der Waals surface area contributed by atoms with Gasteiger partial charge in [0.25, 0.3) is 0 Å². The summed E-state index contributed by atoms with van der Waals surface area (Å²) in [5.74, 6) is 1.06. The number of esters is 1. The van der Waals surface area contributed by atoms with Gasteiger partial charge in [0.2, 0.25) is 6.10 Å². The number of rotatable bonds is 4. The molecule has 0 bridgehead atoms. The highest BCUT2D eigenvalue weighted by atomic mass is 16.6. The van der Waals surface area contributed by atoms with Crippen LogP contribution in [0.3, 0.4) is 0 Å². The van der Waals surface area contributed by atoms with Crippen molar-refractivity contribution in [3.05, 3.63) is 64.5 Å². The molecule has 0 amide bonds. The summed E-state index contributed by atoms with van der Waals surface area (Å²) in [7, 11) is 1.52. The summed E-state index contributed by atoms with van der Waals surface area (Å²) in [6.07, 6.45) is -1.41. The van der Waals surface area contributed by atoms with Gasteiger partial charge < -0.3 is 23.4 Å². The molecular weight excluding hydrogens is 364 g/mol. The van der Waals surface area contributed by atoms with Crippen LogP contribution in [-0.4, -0.2) is 25.3 Å². The monoisotopic (exact) mass is 382 g/mol. The Morgan fingerprint density at radius 1 is 1.07 bits per heavy atom. The smallest absolute Gasteiger partial charge is 0.351 e. The summed E-state index contributed by atoms with van der Waals surface area (Å²) < 4.78 is 27.2. The Labute approximate surface area is 160 Å². The molecule has 0 spiro atoms. The summed E-state index contributed by atoms with van der Waals surface area (Å²) >= 11 is 0. The van der Waals surface area contributed by atoms with Crippen molar-refractivity contribution in [2.24, 2.45) is 0 Å². The van der Waals surface area contributed by atoms with E-state index in [-0.39, 0.29) is 6.61 Å². The Morgan fingerprint density at radius 3 is 2.57 bits per heavy atom. The lowest BCUT2D eigenvalue weighted by Gasteiger charge is -2.30. The van der Waals surface area contributed by atoms with Crippen molar-refractivity contribution in [3.63, 3.8) is 0 Å². The van der Waals surface area contributed by atoms with Crippen LogP contribution in [0.2, 0.25) is 0 Å². The van der Waals surface area contributed by atoms with E-state index in [9.17, 15) is 9.59 Å². The van der Waals surface area contributed by atoms with Crippen molar-refractivity contribution in [2.45, 2.75) is 25.7 Å². The van der Waals surface area contributed by atoms with E-state index in [0.29, 0.717) is 33.8 Å². The Balaban J connectivity index is 1.53. The van der Waals surface area contributed by atoms with Gasteiger partial charge in [0, 0.05) is 23.1 Å². The molecule has 28 heavy (non-hydrogen) atoms. The highest BCUT2D eigenvalue weighted by Crippen LogP contribution is 2.34. The molecule has 4 rings (SSSR count). The number of methoxy groups -OCH3 is 1. The van der Waals surface area contributed by atoms with Crippen molar-refractivity contribution in [1.82, 2.24) is 0 Å². The summed E-state index contributed by atoms with van der Waals surface area (Å²) in [6.45, 7) is 1.64. The molecule has 0 radical (unpaired) electrons. The summed E-state index contributed by atoms with van der Waals surface area (Å²) in [5.41, 5.74) is 0.357. The quantitative estimate of drug-likeness (QED) is 0.506. The molecule has 2 heterocycles. The Morgan fingerprint density at radius 2 is 1.82 bits per heavy atom. The Bertz CT molecular complexity index is 1090. The van der Waals surface area contributed by atoms with E-state index in [1.54, 1.807) is 43.3 Å². The number of hydrogen-bond acceptors (Lipinski definition) is 7. The topological polar surface area (TPSA) is 84.2 Å². The van der Waals surface area contributed by atoms with Gasteiger partial charge in [0.1, 0.15) is 24.0 Å². The largest absolute Gasteiger partial charge is 0.497 e. The molecule has 0 N–H and O–H groups in total. The maximum atomic E-state index is 12.6. The van der Waals surface area contributed by atoms with Crippen LogP contribution in [0.4, 0.5) is 0 Å². The lowest BCUT2D eigenvalue weighted by molar-refractivity contribution is -0.159. The van der Waals surface area contributed by atoms with Crippen molar-refractivity contribution in [2.75, 3.05) is 7.11 Å². The third-order valence-corrected chi connectivity index (χ3v) is 4.48. The fraction of sp³-hybridized carbons (Fsp3) is 0.238. The van der Waals surface area contributed by atoms with E-state index in [2.05, 4.69) is 0 Å². The molecular formula is C21H18O7. The molecule has 0 unspecified atom stereocenters. The number of benzene rings is 2. The van der Waals surface area contributed by atoms with E-state index < -0.39 is 23.8 Å². The van der Waals surface area contributed by atoms with E-state index >= 15 is 0 Å².